The summed E-state index contributed by atoms with van der Waals surface area (Å²) >= 11 is 1.92. The van der Waals surface area contributed by atoms with Crippen LogP contribution >= 0.6 is 18.9 Å². The first-order chi connectivity index (χ1) is 28.0. The molecule has 9 aromatic rings. The van der Waals surface area contributed by atoms with Crippen molar-refractivity contribution in [2.24, 2.45) is 4.99 Å². The first-order valence-corrected chi connectivity index (χ1v) is 21.9. The van der Waals surface area contributed by atoms with Crippen LogP contribution in [0, 0.1) is 0 Å². The molecule has 3 heterocycles. The fourth-order valence-corrected chi connectivity index (χ4v) is 13.5. The highest BCUT2D eigenvalue weighted by molar-refractivity contribution is 8.01. The number of para-hydroxylation sites is 1. The highest BCUT2D eigenvalue weighted by Gasteiger charge is 2.52. The Hall–Kier alpha value is -6.19. The first kappa shape index (κ1) is 34.1. The lowest BCUT2D eigenvalue weighted by atomic mass is 9.67. The molecule has 0 bridgehead atoms. The molecule has 272 valence electrons. The van der Waals surface area contributed by atoms with Gasteiger partial charge in [-0.25, -0.2) is 0 Å². The third-order valence-corrected chi connectivity index (χ3v) is 16.6. The maximum absolute atomic E-state index is 15.0. The maximum Gasteiger partial charge on any atom is 0.171 e. The molecule has 11 rings (SSSR count). The largest absolute Gasteiger partial charge is 0.456 e. The monoisotopic (exact) mass is 769 g/mol. The zero-order valence-corrected chi connectivity index (χ0v) is 32.9. The number of nitrogens with zero attached hydrogens (tertiary/aromatic N) is 1. The molecule has 0 saturated carbocycles. The summed E-state index contributed by atoms with van der Waals surface area (Å²) in [7, 11) is -3.05. The number of hydrogen-bond donors (Lipinski definition) is 0. The molecule has 0 amide bonds. The van der Waals surface area contributed by atoms with E-state index in [1.165, 1.54) is 27.1 Å². The van der Waals surface area contributed by atoms with Crippen molar-refractivity contribution >= 4 is 68.2 Å². The van der Waals surface area contributed by atoms with Gasteiger partial charge >= 0.3 is 0 Å². The lowest BCUT2D eigenvalue weighted by Crippen LogP contribution is -2.41. The third kappa shape index (κ3) is 5.21. The van der Waals surface area contributed by atoms with Crippen LogP contribution in [-0.4, -0.2) is 11.0 Å². The molecular weight excluding hydrogens is 734 g/mol. The average molecular weight is 770 g/mol. The molecule has 0 spiro atoms. The number of aliphatic imine (C=N–C) groups is 1. The molecule has 5 heteroatoms. The highest BCUT2D eigenvalue weighted by atomic mass is 32.2. The molecule has 3 nitrogen and oxygen atoms in total. The second kappa shape index (κ2) is 13.2. The van der Waals surface area contributed by atoms with Crippen molar-refractivity contribution < 1.29 is 8.98 Å². The van der Waals surface area contributed by atoms with E-state index in [9.17, 15) is 4.57 Å². The van der Waals surface area contributed by atoms with Gasteiger partial charge in [-0.1, -0.05) is 170 Å². The van der Waals surface area contributed by atoms with E-state index in [1.54, 1.807) is 0 Å². The number of rotatable bonds is 6. The molecule has 0 aliphatic carbocycles. The molecule has 2 aliphatic heterocycles. The van der Waals surface area contributed by atoms with E-state index < -0.39 is 7.14 Å². The molecule has 2 unspecified atom stereocenters. The summed E-state index contributed by atoms with van der Waals surface area (Å²) < 4.78 is 21.3. The Morgan fingerprint density at radius 2 is 1.11 bits per heavy atom. The van der Waals surface area contributed by atoms with Gasteiger partial charge in [0.2, 0.25) is 0 Å². The van der Waals surface area contributed by atoms with Crippen LogP contribution in [0.5, 0.6) is 0 Å². The predicted octanol–water partition coefficient (Wildman–Crippen LogP) is 12.5. The molecule has 0 saturated heterocycles. The fourth-order valence-electron chi connectivity index (χ4n) is 9.21. The topological polar surface area (TPSA) is 42.6 Å². The third-order valence-electron chi connectivity index (χ3n) is 11.9. The van der Waals surface area contributed by atoms with Gasteiger partial charge in [0, 0.05) is 37.0 Å². The smallest absolute Gasteiger partial charge is 0.171 e. The van der Waals surface area contributed by atoms with E-state index in [1.807, 2.05) is 96.7 Å². The van der Waals surface area contributed by atoms with E-state index in [-0.39, 0.29) is 10.7 Å². The Balaban J connectivity index is 1.01. The van der Waals surface area contributed by atoms with Gasteiger partial charge in [-0.3, -0.25) is 4.99 Å². The van der Waals surface area contributed by atoms with E-state index in [0.29, 0.717) is 0 Å². The Kier molecular flexibility index (Phi) is 7.90. The SMILES string of the molecule is CC12c3ccccc3SC1C(c1ccc(-c3ccc(P(=O)(c4ccccc4)c4ccccc4)cc3)cc1)=Nc1cccc(-c3cccc4oc5ccccc5c34)c12. The van der Waals surface area contributed by atoms with E-state index >= 15 is 0 Å². The minimum Gasteiger partial charge on any atom is -0.456 e. The van der Waals surface area contributed by atoms with Crippen LogP contribution in [0.15, 0.2) is 208 Å². The van der Waals surface area contributed by atoms with Crippen molar-refractivity contribution in [3.63, 3.8) is 0 Å². The zero-order valence-electron chi connectivity index (χ0n) is 31.2. The summed E-state index contributed by atoms with van der Waals surface area (Å²) in [5.41, 5.74) is 11.8. The summed E-state index contributed by atoms with van der Waals surface area (Å²) in [4.78, 5) is 6.84. The van der Waals surface area contributed by atoms with E-state index in [2.05, 4.69) is 116 Å². The van der Waals surface area contributed by atoms with Gasteiger partial charge in [0.1, 0.15) is 11.2 Å². The van der Waals surface area contributed by atoms with E-state index in [4.69, 9.17) is 9.41 Å². The molecular formula is C52H36NO2PS. The van der Waals surface area contributed by atoms with Crippen molar-refractivity contribution in [3.05, 3.63) is 211 Å². The van der Waals surface area contributed by atoms with Gasteiger partial charge in [-0.05, 0) is 70.1 Å². The summed E-state index contributed by atoms with van der Waals surface area (Å²) in [6.45, 7) is 2.42. The fraction of sp³-hybridized carbons (Fsp3) is 0.0577. The average Bonchev–Trinajstić information content (AvgIpc) is 3.82. The van der Waals surface area contributed by atoms with Crippen LogP contribution in [0.1, 0.15) is 23.6 Å². The molecule has 0 N–H and O–H groups in total. The summed E-state index contributed by atoms with van der Waals surface area (Å²) in [5.74, 6) is 0. The van der Waals surface area contributed by atoms with Gasteiger partial charge in [0.15, 0.2) is 7.14 Å². The maximum atomic E-state index is 15.0. The van der Waals surface area contributed by atoms with Crippen LogP contribution in [0.3, 0.4) is 0 Å². The Labute approximate surface area is 336 Å². The van der Waals surface area contributed by atoms with Crippen LogP contribution < -0.4 is 15.9 Å². The van der Waals surface area contributed by atoms with Crippen molar-refractivity contribution in [3.8, 4) is 22.3 Å². The summed E-state index contributed by atoms with van der Waals surface area (Å²) in [5, 5.41) is 4.83. The normalized spacial score (nSPS) is 17.2. The molecule has 2 aliphatic rings. The molecule has 8 aromatic carbocycles. The van der Waals surface area contributed by atoms with Gasteiger partial charge in [0.25, 0.3) is 0 Å². The molecule has 57 heavy (non-hydrogen) atoms. The number of fused-ring (bicyclic) bond motifs is 8. The number of thioether (sulfide) groups is 1. The predicted molar refractivity (Wildman–Crippen MR) is 239 cm³/mol. The lowest BCUT2D eigenvalue weighted by Gasteiger charge is -2.39. The van der Waals surface area contributed by atoms with Crippen molar-refractivity contribution in [2.75, 3.05) is 0 Å². The Morgan fingerprint density at radius 3 is 1.84 bits per heavy atom. The first-order valence-electron chi connectivity index (χ1n) is 19.3. The van der Waals surface area contributed by atoms with Crippen LogP contribution in [0.2, 0.25) is 0 Å². The second-order valence-corrected chi connectivity index (χ2v) is 19.0. The molecule has 0 radical (unpaired) electrons. The second-order valence-electron chi connectivity index (χ2n) is 15.1. The van der Waals surface area contributed by atoms with Gasteiger partial charge in [0.05, 0.1) is 16.6 Å². The Bertz CT molecular complexity index is 3040. The van der Waals surface area contributed by atoms with Crippen molar-refractivity contribution in [1.82, 2.24) is 0 Å². The quantitative estimate of drug-likeness (QED) is 0.158. The van der Waals surface area contributed by atoms with Crippen molar-refractivity contribution in [1.29, 1.82) is 0 Å². The summed E-state index contributed by atoms with van der Waals surface area (Å²) in [6.07, 6.45) is 0. The van der Waals surface area contributed by atoms with Gasteiger partial charge in [-0.15, -0.1) is 11.8 Å². The van der Waals surface area contributed by atoms with Crippen LogP contribution in [0.25, 0.3) is 44.2 Å². The standard InChI is InChI=1S/C52H36NO2PS/c1-52-43-21-9-11-25-47(43)57-51(52)50(53-44-22-12-20-41(49(44)52)40-19-13-24-46-48(40)42-18-8-10-23-45(42)55-46)36-28-26-34(27-29-36)35-30-32-39(33-31-35)56(54,37-14-4-2-5-15-37)38-16-6-3-7-17-38/h2-33,51H,1H3. The lowest BCUT2D eigenvalue weighted by molar-refractivity contribution is 0.592. The van der Waals surface area contributed by atoms with Gasteiger partial charge < -0.3 is 8.98 Å². The minimum atomic E-state index is -3.05. The van der Waals surface area contributed by atoms with Crippen LogP contribution in [0.4, 0.5) is 5.69 Å². The Morgan fingerprint density at radius 1 is 0.544 bits per heavy atom. The zero-order chi connectivity index (χ0) is 38.1. The number of furan rings is 1. The van der Waals surface area contributed by atoms with Crippen molar-refractivity contribution in [2.45, 2.75) is 22.5 Å². The number of hydrogen-bond acceptors (Lipinski definition) is 4. The minimum absolute atomic E-state index is 0.0686. The molecule has 2 atom stereocenters. The van der Waals surface area contributed by atoms with Gasteiger partial charge in [-0.2, -0.15) is 0 Å². The van der Waals surface area contributed by atoms with Crippen LogP contribution in [-0.2, 0) is 9.98 Å². The highest BCUT2D eigenvalue weighted by Crippen LogP contribution is 2.60. The number of benzene rings is 8. The molecule has 0 fully saturated rings. The van der Waals surface area contributed by atoms with E-state index in [0.717, 1.165) is 65.9 Å². The molecule has 1 aromatic heterocycles. The summed E-state index contributed by atoms with van der Waals surface area (Å²) in [6, 6.07) is 67.0.